The van der Waals surface area contributed by atoms with Crippen LogP contribution in [-0.2, 0) is 0 Å². The van der Waals surface area contributed by atoms with Gasteiger partial charge in [-0.3, -0.25) is 0 Å². The fourth-order valence-corrected chi connectivity index (χ4v) is 7.21. The Kier molecular flexibility index (Phi) is 5.57. The van der Waals surface area contributed by atoms with Gasteiger partial charge in [-0.25, -0.2) is 0 Å². The van der Waals surface area contributed by atoms with Crippen molar-refractivity contribution in [1.82, 2.24) is 0 Å². The second-order valence-electron chi connectivity index (χ2n) is 12.1. The van der Waals surface area contributed by atoms with Gasteiger partial charge >= 0.3 is 0 Å². The molecule has 0 N–H and O–H groups in total. The fourth-order valence-electron chi connectivity index (χ4n) is 7.21. The molecule has 3 heteroatoms. The molecule has 10 rings (SSSR count). The number of benzene rings is 8. The van der Waals surface area contributed by atoms with Crippen molar-refractivity contribution in [3.8, 4) is 11.1 Å². The second-order valence-corrected chi connectivity index (χ2v) is 12.1. The van der Waals surface area contributed by atoms with Gasteiger partial charge in [-0.1, -0.05) is 103 Å². The topological polar surface area (TPSA) is 29.5 Å². The quantitative estimate of drug-likeness (QED) is 0.188. The first kappa shape index (κ1) is 26.0. The number of nitrogens with zero attached hydrogens (tertiary/aromatic N) is 1. The molecule has 0 fully saturated rings. The van der Waals surface area contributed by atoms with E-state index in [1.54, 1.807) is 0 Å². The third kappa shape index (κ3) is 4.07. The molecule has 0 bridgehead atoms. The molecule has 47 heavy (non-hydrogen) atoms. The summed E-state index contributed by atoms with van der Waals surface area (Å²) in [7, 11) is 0. The third-order valence-corrected chi connectivity index (χ3v) is 9.43. The number of para-hydroxylation sites is 2. The maximum absolute atomic E-state index is 6.34. The van der Waals surface area contributed by atoms with Crippen LogP contribution < -0.4 is 4.90 Å². The molecule has 0 aliphatic carbocycles. The predicted molar refractivity (Wildman–Crippen MR) is 196 cm³/mol. The molecule has 2 heterocycles. The minimum Gasteiger partial charge on any atom is -0.456 e. The van der Waals surface area contributed by atoms with E-state index in [0.717, 1.165) is 60.9 Å². The summed E-state index contributed by atoms with van der Waals surface area (Å²) >= 11 is 0. The van der Waals surface area contributed by atoms with Gasteiger partial charge in [-0.15, -0.1) is 0 Å². The van der Waals surface area contributed by atoms with Crippen molar-refractivity contribution in [2.75, 3.05) is 4.90 Å². The van der Waals surface area contributed by atoms with Crippen LogP contribution in [-0.4, -0.2) is 0 Å². The summed E-state index contributed by atoms with van der Waals surface area (Å²) in [6.07, 6.45) is 0. The van der Waals surface area contributed by atoms with Crippen LogP contribution in [0.2, 0.25) is 0 Å². The van der Waals surface area contributed by atoms with E-state index in [1.165, 1.54) is 32.7 Å². The van der Waals surface area contributed by atoms with Crippen LogP contribution >= 0.6 is 0 Å². The van der Waals surface area contributed by atoms with E-state index in [2.05, 4.69) is 144 Å². The van der Waals surface area contributed by atoms with Crippen molar-refractivity contribution in [3.63, 3.8) is 0 Å². The molecule has 0 atom stereocenters. The Morgan fingerprint density at radius 2 is 0.979 bits per heavy atom. The summed E-state index contributed by atoms with van der Waals surface area (Å²) in [5, 5.41) is 9.26. The van der Waals surface area contributed by atoms with Crippen LogP contribution in [0, 0.1) is 0 Å². The maximum atomic E-state index is 6.34. The van der Waals surface area contributed by atoms with Crippen molar-refractivity contribution in [2.24, 2.45) is 0 Å². The summed E-state index contributed by atoms with van der Waals surface area (Å²) in [5.74, 6) is 0. The molecule has 220 valence electrons. The van der Waals surface area contributed by atoms with Gasteiger partial charge in [-0.05, 0) is 93.3 Å². The van der Waals surface area contributed by atoms with Crippen LogP contribution in [0.3, 0.4) is 0 Å². The summed E-state index contributed by atoms with van der Waals surface area (Å²) in [6, 6.07) is 58.0. The van der Waals surface area contributed by atoms with Crippen LogP contribution in [0.1, 0.15) is 0 Å². The first-order valence-electron chi connectivity index (χ1n) is 15.9. The average molecular weight is 602 g/mol. The highest BCUT2D eigenvalue weighted by molar-refractivity contribution is 6.17. The molecular weight excluding hydrogens is 574 g/mol. The molecular formula is C44H27NO2. The van der Waals surface area contributed by atoms with Gasteiger partial charge in [0.1, 0.15) is 22.3 Å². The van der Waals surface area contributed by atoms with Crippen LogP contribution in [0.5, 0.6) is 0 Å². The Hall–Kier alpha value is -6.32. The number of hydrogen-bond donors (Lipinski definition) is 0. The van der Waals surface area contributed by atoms with Gasteiger partial charge in [0.2, 0.25) is 0 Å². The van der Waals surface area contributed by atoms with Crippen LogP contribution in [0.25, 0.3) is 76.5 Å². The van der Waals surface area contributed by atoms with E-state index >= 15 is 0 Å². The van der Waals surface area contributed by atoms with E-state index in [-0.39, 0.29) is 0 Å². The van der Waals surface area contributed by atoms with Crippen molar-refractivity contribution in [2.45, 2.75) is 0 Å². The minimum absolute atomic E-state index is 0.873. The van der Waals surface area contributed by atoms with E-state index in [1.807, 2.05) is 24.3 Å². The SMILES string of the molecule is c1ccc(-c2ccc(N(c3ccc4c(ccc5cc6oc7ccccc7c6cc54)c3)c3cccc4oc5ccccc5c34)cc2)cc1. The molecule has 0 saturated heterocycles. The summed E-state index contributed by atoms with van der Waals surface area (Å²) < 4.78 is 12.5. The lowest BCUT2D eigenvalue weighted by Crippen LogP contribution is -2.10. The Morgan fingerprint density at radius 1 is 0.340 bits per heavy atom. The first-order chi connectivity index (χ1) is 23.3. The van der Waals surface area contributed by atoms with Gasteiger partial charge < -0.3 is 13.7 Å². The molecule has 0 saturated carbocycles. The molecule has 0 spiro atoms. The fraction of sp³-hybridized carbons (Fsp3) is 0. The smallest absolute Gasteiger partial charge is 0.137 e. The second kappa shape index (κ2) is 10.1. The van der Waals surface area contributed by atoms with Gasteiger partial charge in [0, 0.05) is 27.5 Å². The molecule has 2 aromatic heterocycles. The Bertz CT molecular complexity index is 2790. The Balaban J connectivity index is 1.19. The minimum atomic E-state index is 0.873. The Morgan fingerprint density at radius 3 is 1.81 bits per heavy atom. The van der Waals surface area contributed by atoms with Crippen LogP contribution in [0.15, 0.2) is 173 Å². The van der Waals surface area contributed by atoms with Crippen molar-refractivity contribution >= 4 is 82.5 Å². The van der Waals surface area contributed by atoms with Gasteiger partial charge in [0.15, 0.2) is 0 Å². The number of rotatable bonds is 4. The molecule has 8 aromatic carbocycles. The molecule has 3 nitrogen and oxygen atoms in total. The highest BCUT2D eigenvalue weighted by Gasteiger charge is 2.20. The zero-order valence-corrected chi connectivity index (χ0v) is 25.4. The maximum Gasteiger partial charge on any atom is 0.137 e. The zero-order chi connectivity index (χ0) is 30.9. The molecule has 0 aliphatic rings. The monoisotopic (exact) mass is 601 g/mol. The number of anilines is 3. The van der Waals surface area contributed by atoms with Crippen molar-refractivity contribution < 1.29 is 8.83 Å². The molecule has 10 aromatic rings. The summed E-state index contributed by atoms with van der Waals surface area (Å²) in [5.41, 5.74) is 9.21. The highest BCUT2D eigenvalue weighted by Crippen LogP contribution is 2.44. The molecule has 0 unspecified atom stereocenters. The molecule has 0 amide bonds. The number of fused-ring (bicyclic) bond motifs is 9. The van der Waals surface area contributed by atoms with E-state index in [9.17, 15) is 0 Å². The van der Waals surface area contributed by atoms with E-state index < -0.39 is 0 Å². The van der Waals surface area contributed by atoms with Crippen molar-refractivity contribution in [1.29, 1.82) is 0 Å². The predicted octanol–water partition coefficient (Wildman–Crippen LogP) is 12.9. The van der Waals surface area contributed by atoms with Crippen LogP contribution in [0.4, 0.5) is 17.1 Å². The van der Waals surface area contributed by atoms with Gasteiger partial charge in [-0.2, -0.15) is 0 Å². The standard InChI is InChI=1S/C44H27NO2/c1-2-9-28(10-3-1)29-19-21-32(22-20-29)45(39-13-8-16-42-44(39)36-12-5-7-15-41(36)46-42)33-23-24-34-30(25-33)17-18-31-26-43-38(27-37(31)34)35-11-4-6-14-40(35)47-43/h1-27H. The molecule has 0 radical (unpaired) electrons. The largest absolute Gasteiger partial charge is 0.456 e. The third-order valence-electron chi connectivity index (χ3n) is 9.43. The first-order valence-corrected chi connectivity index (χ1v) is 15.9. The van der Waals surface area contributed by atoms with Gasteiger partial charge in [0.25, 0.3) is 0 Å². The summed E-state index contributed by atoms with van der Waals surface area (Å²) in [4.78, 5) is 2.36. The zero-order valence-electron chi connectivity index (χ0n) is 25.4. The van der Waals surface area contributed by atoms with Gasteiger partial charge in [0.05, 0.1) is 11.1 Å². The van der Waals surface area contributed by atoms with Crippen molar-refractivity contribution in [3.05, 3.63) is 164 Å². The number of hydrogen-bond acceptors (Lipinski definition) is 3. The summed E-state index contributed by atoms with van der Waals surface area (Å²) in [6.45, 7) is 0. The van der Waals surface area contributed by atoms with E-state index in [4.69, 9.17) is 8.83 Å². The lowest BCUT2D eigenvalue weighted by molar-refractivity contribution is 0.669. The highest BCUT2D eigenvalue weighted by atomic mass is 16.3. The lowest BCUT2D eigenvalue weighted by Gasteiger charge is -2.27. The molecule has 0 aliphatic heterocycles. The lowest BCUT2D eigenvalue weighted by atomic mass is 9.98. The average Bonchev–Trinajstić information content (AvgIpc) is 3.70. The Labute approximate surface area is 270 Å². The normalized spacial score (nSPS) is 11.8. The number of furan rings is 2. The van der Waals surface area contributed by atoms with E-state index in [0.29, 0.717) is 0 Å².